The van der Waals surface area contributed by atoms with Crippen LogP contribution >= 0.6 is 47.8 Å². The van der Waals surface area contributed by atoms with Crippen LogP contribution in [-0.2, 0) is 6.42 Å². The smallest absolute Gasteiger partial charge is 0.101 e. The molecule has 2 aromatic rings. The van der Waals surface area contributed by atoms with Gasteiger partial charge in [0, 0.05) is 26.0 Å². The van der Waals surface area contributed by atoms with Gasteiger partial charge >= 0.3 is 0 Å². The number of aromatic nitrogens is 1. The highest BCUT2D eigenvalue weighted by Gasteiger charge is 2.15. The summed E-state index contributed by atoms with van der Waals surface area (Å²) in [5, 5.41) is 10.2. The molecule has 1 heterocycles. The lowest BCUT2D eigenvalue weighted by atomic mass is 10.1. The van der Waals surface area contributed by atoms with Gasteiger partial charge in [0.1, 0.15) is 6.10 Å². The Hall–Kier alpha value is -0.230. The summed E-state index contributed by atoms with van der Waals surface area (Å²) in [5.74, 6) is 0. The first kappa shape index (κ1) is 14.2. The Bertz CT molecular complexity index is 560. The maximum absolute atomic E-state index is 10.2. The number of halogens is 3. The van der Waals surface area contributed by atoms with Crippen LogP contribution in [0.1, 0.15) is 17.4 Å². The van der Waals surface area contributed by atoms with Crippen molar-refractivity contribution in [2.45, 2.75) is 12.5 Å². The van der Waals surface area contributed by atoms with Gasteiger partial charge in [0.15, 0.2) is 0 Å². The summed E-state index contributed by atoms with van der Waals surface area (Å²) in [6, 6.07) is 9.74. The first-order chi connectivity index (χ1) is 8.58. The van der Waals surface area contributed by atoms with Gasteiger partial charge in [0.2, 0.25) is 0 Å². The molecule has 0 saturated heterocycles. The molecule has 1 unspecified atom stereocenters. The summed E-state index contributed by atoms with van der Waals surface area (Å²) in [7, 11) is 0. The third-order valence-corrected chi connectivity index (χ3v) is 4.37. The van der Waals surface area contributed by atoms with Crippen molar-refractivity contribution in [3.8, 4) is 0 Å². The maximum Gasteiger partial charge on any atom is 0.101 e. The zero-order valence-corrected chi connectivity index (χ0v) is 14.0. The van der Waals surface area contributed by atoms with Crippen LogP contribution in [0.25, 0.3) is 0 Å². The van der Waals surface area contributed by atoms with Crippen LogP contribution in [0.5, 0.6) is 0 Å². The molecular formula is C13H10Br3NO. The fraction of sp³-hybridized carbons (Fsp3) is 0.154. The summed E-state index contributed by atoms with van der Waals surface area (Å²) < 4.78 is 2.68. The highest BCUT2D eigenvalue weighted by atomic mass is 79.9. The molecule has 0 fully saturated rings. The predicted molar refractivity (Wildman–Crippen MR) is 82.4 cm³/mol. The van der Waals surface area contributed by atoms with Gasteiger partial charge in [-0.25, -0.2) is 0 Å². The van der Waals surface area contributed by atoms with E-state index >= 15 is 0 Å². The fourth-order valence-electron chi connectivity index (χ4n) is 1.64. The van der Waals surface area contributed by atoms with Crippen molar-refractivity contribution in [3.63, 3.8) is 0 Å². The summed E-state index contributed by atoms with van der Waals surface area (Å²) in [4.78, 5) is 4.24. The molecule has 0 aliphatic rings. The van der Waals surface area contributed by atoms with E-state index < -0.39 is 6.10 Å². The number of pyridine rings is 1. The molecule has 0 radical (unpaired) electrons. The third-order valence-electron chi connectivity index (χ3n) is 2.52. The van der Waals surface area contributed by atoms with Crippen molar-refractivity contribution < 1.29 is 5.11 Å². The molecular weight excluding hydrogens is 426 g/mol. The molecule has 1 atom stereocenters. The first-order valence-electron chi connectivity index (χ1n) is 5.30. The number of nitrogens with zero attached hydrogens (tertiary/aromatic N) is 1. The van der Waals surface area contributed by atoms with Gasteiger partial charge in [-0.1, -0.05) is 34.1 Å². The number of aliphatic hydroxyl groups excluding tert-OH is 1. The molecule has 0 aliphatic carbocycles. The average Bonchev–Trinajstić information content (AvgIpc) is 2.32. The van der Waals surface area contributed by atoms with Crippen LogP contribution in [0, 0.1) is 0 Å². The molecule has 18 heavy (non-hydrogen) atoms. The van der Waals surface area contributed by atoms with E-state index in [1.54, 1.807) is 6.20 Å². The normalized spacial score (nSPS) is 12.4. The Balaban J connectivity index is 2.22. The summed E-state index contributed by atoms with van der Waals surface area (Å²) in [6.07, 6.45) is 1.57. The predicted octanol–water partition coefficient (Wildman–Crippen LogP) is 4.65. The molecule has 2 rings (SSSR count). The van der Waals surface area contributed by atoms with Crippen molar-refractivity contribution in [1.82, 2.24) is 4.98 Å². The van der Waals surface area contributed by atoms with Gasteiger partial charge in [-0.2, -0.15) is 0 Å². The molecule has 0 amide bonds. The van der Waals surface area contributed by atoms with Crippen molar-refractivity contribution >= 4 is 47.8 Å². The lowest BCUT2D eigenvalue weighted by Crippen LogP contribution is -2.05. The summed E-state index contributed by atoms with van der Waals surface area (Å²) >= 11 is 10.2. The van der Waals surface area contributed by atoms with Crippen molar-refractivity contribution in [1.29, 1.82) is 0 Å². The van der Waals surface area contributed by atoms with Crippen LogP contribution in [0.3, 0.4) is 0 Å². The topological polar surface area (TPSA) is 33.1 Å². The van der Waals surface area contributed by atoms with E-state index in [2.05, 4.69) is 52.8 Å². The average molecular weight is 436 g/mol. The molecule has 0 spiro atoms. The van der Waals surface area contributed by atoms with Gasteiger partial charge in [-0.15, -0.1) is 0 Å². The fourth-order valence-corrected chi connectivity index (χ4v) is 3.34. The van der Waals surface area contributed by atoms with Crippen LogP contribution in [-0.4, -0.2) is 10.1 Å². The minimum Gasteiger partial charge on any atom is -0.386 e. The van der Waals surface area contributed by atoms with Crippen LogP contribution in [0.4, 0.5) is 0 Å². The monoisotopic (exact) mass is 433 g/mol. The second kappa shape index (κ2) is 6.28. The van der Waals surface area contributed by atoms with E-state index in [0.717, 1.165) is 19.0 Å². The highest BCUT2D eigenvalue weighted by Crippen LogP contribution is 2.28. The summed E-state index contributed by atoms with van der Waals surface area (Å²) in [6.45, 7) is 0. The lowest BCUT2D eigenvalue weighted by Gasteiger charge is -2.13. The van der Waals surface area contributed by atoms with Crippen molar-refractivity contribution in [3.05, 3.63) is 61.2 Å². The lowest BCUT2D eigenvalue weighted by molar-refractivity contribution is 0.172. The molecule has 2 nitrogen and oxygen atoms in total. The zero-order chi connectivity index (χ0) is 13.1. The maximum atomic E-state index is 10.2. The number of aliphatic hydroxyl groups is 1. The highest BCUT2D eigenvalue weighted by molar-refractivity contribution is 9.11. The third kappa shape index (κ3) is 3.41. The van der Waals surface area contributed by atoms with E-state index in [4.69, 9.17) is 0 Å². The van der Waals surface area contributed by atoms with Crippen LogP contribution in [0.15, 0.2) is 49.9 Å². The number of rotatable bonds is 3. The Morgan fingerprint density at radius 1 is 1.11 bits per heavy atom. The van der Waals surface area contributed by atoms with E-state index in [1.807, 2.05) is 30.3 Å². The molecule has 1 N–H and O–H groups in total. The van der Waals surface area contributed by atoms with Gasteiger partial charge in [0.25, 0.3) is 0 Å². The minimum atomic E-state index is -0.633. The van der Waals surface area contributed by atoms with E-state index in [9.17, 15) is 5.11 Å². The standard InChI is InChI=1S/C13H10Br3NO/c14-9-6-11(16)13(17-7-9)12(18)5-8-3-1-2-4-10(8)15/h1-4,6-7,12,18H,5H2. The first-order valence-corrected chi connectivity index (χ1v) is 7.68. The number of hydrogen-bond acceptors (Lipinski definition) is 2. The van der Waals surface area contributed by atoms with Crippen molar-refractivity contribution in [2.75, 3.05) is 0 Å². The molecule has 0 aliphatic heterocycles. The van der Waals surface area contributed by atoms with Gasteiger partial charge in [0.05, 0.1) is 5.69 Å². The Morgan fingerprint density at radius 3 is 2.50 bits per heavy atom. The molecule has 1 aromatic carbocycles. The zero-order valence-electron chi connectivity index (χ0n) is 9.28. The van der Waals surface area contributed by atoms with Gasteiger partial charge in [-0.3, -0.25) is 4.98 Å². The second-order valence-corrected chi connectivity index (χ2v) is 6.46. The van der Waals surface area contributed by atoms with Crippen molar-refractivity contribution in [2.24, 2.45) is 0 Å². The molecule has 0 saturated carbocycles. The van der Waals surface area contributed by atoms with E-state index in [0.29, 0.717) is 12.1 Å². The SMILES string of the molecule is OC(Cc1ccccc1Br)c1ncc(Br)cc1Br. The molecule has 0 bridgehead atoms. The van der Waals surface area contributed by atoms with Crippen LogP contribution < -0.4 is 0 Å². The van der Waals surface area contributed by atoms with E-state index in [1.165, 1.54) is 0 Å². The second-order valence-electron chi connectivity index (χ2n) is 3.83. The quantitative estimate of drug-likeness (QED) is 0.761. The largest absolute Gasteiger partial charge is 0.386 e. The van der Waals surface area contributed by atoms with Gasteiger partial charge in [-0.05, 0) is 49.6 Å². The van der Waals surface area contributed by atoms with Crippen LogP contribution in [0.2, 0.25) is 0 Å². The Labute approximate surface area is 131 Å². The van der Waals surface area contributed by atoms with Gasteiger partial charge < -0.3 is 5.11 Å². The summed E-state index contributed by atoms with van der Waals surface area (Å²) in [5.41, 5.74) is 1.70. The number of benzene rings is 1. The van der Waals surface area contributed by atoms with E-state index in [-0.39, 0.29) is 0 Å². The minimum absolute atomic E-state index is 0.522. The number of hydrogen-bond donors (Lipinski definition) is 1. The molecule has 5 heteroatoms. The Morgan fingerprint density at radius 2 is 1.83 bits per heavy atom. The molecule has 94 valence electrons. The molecule has 1 aromatic heterocycles. The Kier molecular flexibility index (Phi) is 4.95.